The summed E-state index contributed by atoms with van der Waals surface area (Å²) in [5.41, 5.74) is 5.39. The summed E-state index contributed by atoms with van der Waals surface area (Å²) in [5, 5.41) is 0. The molecule has 0 aromatic heterocycles. The maximum atomic E-state index is 12.7. The van der Waals surface area contributed by atoms with E-state index in [0.717, 1.165) is 70.6 Å². The third-order valence-corrected chi connectivity index (χ3v) is 11.8. The molecule has 2 unspecified atom stereocenters. The van der Waals surface area contributed by atoms with Crippen molar-refractivity contribution < 1.29 is 32.8 Å². The number of allylic oxidation sites excluding steroid dienone is 14. The lowest BCUT2D eigenvalue weighted by atomic mass is 10.0. The first-order chi connectivity index (χ1) is 31.4. The van der Waals surface area contributed by atoms with Crippen molar-refractivity contribution >= 4 is 13.8 Å². The lowest BCUT2D eigenvalue weighted by molar-refractivity contribution is -0.154. The molecule has 0 aliphatic heterocycles. The van der Waals surface area contributed by atoms with Crippen LogP contribution in [0.2, 0.25) is 0 Å². The molecule has 0 amide bonds. The van der Waals surface area contributed by atoms with Gasteiger partial charge in [0.2, 0.25) is 0 Å². The minimum Gasteiger partial charge on any atom is -0.457 e. The molecule has 2 atom stereocenters. The van der Waals surface area contributed by atoms with Crippen LogP contribution in [0.15, 0.2) is 85.1 Å². The van der Waals surface area contributed by atoms with Gasteiger partial charge in [0.1, 0.15) is 6.10 Å². The Hall–Kier alpha value is -2.32. The fourth-order valence-corrected chi connectivity index (χ4v) is 7.77. The summed E-state index contributed by atoms with van der Waals surface area (Å²) < 4.78 is 33.5. The Morgan fingerprint density at radius 2 is 0.875 bits per heavy atom. The molecule has 0 spiro atoms. The van der Waals surface area contributed by atoms with Crippen LogP contribution in [0.4, 0.5) is 0 Å². The standard InChI is InChI=1S/C55H98NO7P/c1-3-5-7-9-11-13-15-17-19-21-23-25-26-27-28-29-30-32-34-36-38-40-42-44-46-48-55(57)63-54(53-62-64(58,59)61-51-49-56)52-60-50-47-45-43-41-39-37-35-33-31-24-22-20-18-16-14-12-10-8-6-4-2/h6,8,12,14,18,20-21,23-24,31,35,37,41,43,54H,3-5,7,9-11,13,15-17,19,22,25-30,32-34,36,38-40,42,44-53,56H2,1-2H3,(H,58,59)/b8-6-,14-12-,20-18-,23-21-,31-24-,37-35-,43-41-. The number of phosphoric acid groups is 1. The summed E-state index contributed by atoms with van der Waals surface area (Å²) in [4.78, 5) is 22.6. The van der Waals surface area contributed by atoms with Crippen molar-refractivity contribution in [3.05, 3.63) is 85.1 Å². The van der Waals surface area contributed by atoms with E-state index in [1.54, 1.807) is 0 Å². The van der Waals surface area contributed by atoms with E-state index in [1.165, 1.54) is 128 Å². The largest absolute Gasteiger partial charge is 0.472 e. The number of phosphoric ester groups is 1. The van der Waals surface area contributed by atoms with Gasteiger partial charge in [-0.1, -0.05) is 214 Å². The van der Waals surface area contributed by atoms with E-state index in [0.29, 0.717) is 13.0 Å². The summed E-state index contributed by atoms with van der Waals surface area (Å²) in [6.07, 6.45) is 67.8. The maximum absolute atomic E-state index is 12.7. The van der Waals surface area contributed by atoms with Crippen molar-refractivity contribution in [3.63, 3.8) is 0 Å². The smallest absolute Gasteiger partial charge is 0.457 e. The van der Waals surface area contributed by atoms with Gasteiger partial charge in [-0.25, -0.2) is 4.57 Å². The number of unbranched alkanes of at least 4 members (excludes halogenated alkanes) is 22. The lowest BCUT2D eigenvalue weighted by Crippen LogP contribution is -2.28. The molecule has 0 saturated heterocycles. The van der Waals surface area contributed by atoms with Crippen molar-refractivity contribution in [1.82, 2.24) is 0 Å². The second-order valence-electron chi connectivity index (χ2n) is 17.0. The highest BCUT2D eigenvalue weighted by atomic mass is 31.2. The molecule has 64 heavy (non-hydrogen) atoms. The first kappa shape index (κ1) is 61.7. The number of ether oxygens (including phenoxy) is 2. The third-order valence-electron chi connectivity index (χ3n) is 10.8. The number of carbonyl (C=O) groups is 1. The number of carbonyl (C=O) groups excluding carboxylic acids is 1. The summed E-state index contributed by atoms with van der Waals surface area (Å²) in [7, 11) is -4.30. The molecule has 0 bridgehead atoms. The number of hydrogen-bond donors (Lipinski definition) is 2. The molecule has 370 valence electrons. The van der Waals surface area contributed by atoms with Crippen LogP contribution in [-0.2, 0) is 27.9 Å². The maximum Gasteiger partial charge on any atom is 0.472 e. The van der Waals surface area contributed by atoms with Crippen molar-refractivity contribution in [3.8, 4) is 0 Å². The minimum absolute atomic E-state index is 0.0729. The number of nitrogens with two attached hydrogens (primary N) is 1. The van der Waals surface area contributed by atoms with Gasteiger partial charge in [0.25, 0.3) is 0 Å². The molecule has 0 fully saturated rings. The van der Waals surface area contributed by atoms with Gasteiger partial charge in [0.15, 0.2) is 0 Å². The number of hydrogen-bond acceptors (Lipinski definition) is 7. The van der Waals surface area contributed by atoms with Crippen molar-refractivity contribution in [1.29, 1.82) is 0 Å². The van der Waals surface area contributed by atoms with Crippen LogP contribution < -0.4 is 5.73 Å². The molecule has 0 aromatic carbocycles. The second-order valence-corrected chi connectivity index (χ2v) is 18.5. The highest BCUT2D eigenvalue weighted by molar-refractivity contribution is 7.47. The van der Waals surface area contributed by atoms with Crippen LogP contribution >= 0.6 is 7.82 Å². The van der Waals surface area contributed by atoms with Gasteiger partial charge < -0.3 is 20.1 Å². The van der Waals surface area contributed by atoms with Gasteiger partial charge in [-0.2, -0.15) is 0 Å². The summed E-state index contributed by atoms with van der Waals surface area (Å²) in [6.45, 7) is 4.66. The summed E-state index contributed by atoms with van der Waals surface area (Å²) in [5.74, 6) is -0.351. The van der Waals surface area contributed by atoms with E-state index in [9.17, 15) is 14.3 Å². The molecule has 0 aliphatic carbocycles. The quantitative estimate of drug-likeness (QED) is 0.0268. The van der Waals surface area contributed by atoms with Crippen LogP contribution in [0, 0.1) is 0 Å². The summed E-state index contributed by atoms with van der Waals surface area (Å²) in [6, 6.07) is 0. The molecule has 0 saturated carbocycles. The molecule has 0 radical (unpaired) electrons. The number of rotatable bonds is 49. The Labute approximate surface area is 394 Å². The monoisotopic (exact) mass is 916 g/mol. The summed E-state index contributed by atoms with van der Waals surface area (Å²) >= 11 is 0. The first-order valence-corrected chi connectivity index (χ1v) is 27.6. The Morgan fingerprint density at radius 3 is 1.33 bits per heavy atom. The zero-order valence-electron chi connectivity index (χ0n) is 41.2. The predicted octanol–water partition coefficient (Wildman–Crippen LogP) is 16.4. The molecule has 9 heteroatoms. The lowest BCUT2D eigenvalue weighted by Gasteiger charge is -2.20. The molecule has 0 aromatic rings. The predicted molar refractivity (Wildman–Crippen MR) is 275 cm³/mol. The van der Waals surface area contributed by atoms with Crippen molar-refractivity contribution in [2.45, 2.75) is 225 Å². The molecule has 8 nitrogen and oxygen atoms in total. The van der Waals surface area contributed by atoms with Crippen LogP contribution in [0.1, 0.15) is 219 Å². The Morgan fingerprint density at radius 1 is 0.484 bits per heavy atom. The van der Waals surface area contributed by atoms with E-state index in [4.69, 9.17) is 24.3 Å². The number of esters is 1. The van der Waals surface area contributed by atoms with E-state index in [2.05, 4.69) is 98.9 Å². The van der Waals surface area contributed by atoms with E-state index >= 15 is 0 Å². The Bertz CT molecular complexity index is 1260. The third kappa shape index (κ3) is 50.7. The van der Waals surface area contributed by atoms with E-state index in [-0.39, 0.29) is 32.3 Å². The highest BCUT2D eigenvalue weighted by Gasteiger charge is 2.25. The van der Waals surface area contributed by atoms with Gasteiger partial charge >= 0.3 is 13.8 Å². The average Bonchev–Trinajstić information content (AvgIpc) is 3.29. The van der Waals surface area contributed by atoms with Gasteiger partial charge in [-0.05, 0) is 83.5 Å². The zero-order valence-corrected chi connectivity index (χ0v) is 42.1. The SMILES string of the molecule is CC/C=C\C/C=C\C/C=C\C/C=C\C/C=C\C/C=C\CCCOCC(COP(=O)(O)OCCN)OC(=O)CCCCCCCCCCCCCCC/C=C\CCCCCCCCCC. The van der Waals surface area contributed by atoms with Gasteiger partial charge in [-0.3, -0.25) is 13.8 Å². The van der Waals surface area contributed by atoms with E-state index < -0.39 is 13.9 Å². The normalized spacial score (nSPS) is 14.0. The fraction of sp³-hybridized carbons (Fsp3) is 0.727. The second kappa shape index (κ2) is 51.7. The fourth-order valence-electron chi connectivity index (χ4n) is 7.01. The van der Waals surface area contributed by atoms with Crippen LogP contribution in [0.3, 0.4) is 0 Å². The minimum atomic E-state index is -4.30. The Kier molecular flexibility index (Phi) is 49.8. The first-order valence-electron chi connectivity index (χ1n) is 26.1. The molecule has 3 N–H and O–H groups in total. The Balaban J connectivity index is 4.01. The molecule has 0 rings (SSSR count). The van der Waals surface area contributed by atoms with Gasteiger partial charge in [0.05, 0.1) is 19.8 Å². The van der Waals surface area contributed by atoms with Gasteiger partial charge in [-0.15, -0.1) is 0 Å². The van der Waals surface area contributed by atoms with E-state index in [1.807, 2.05) is 0 Å². The molecular weight excluding hydrogens is 818 g/mol. The molecular formula is C55H98NO7P. The van der Waals surface area contributed by atoms with Crippen molar-refractivity contribution in [2.75, 3.05) is 33.0 Å². The average molecular weight is 916 g/mol. The van der Waals surface area contributed by atoms with Crippen LogP contribution in [0.25, 0.3) is 0 Å². The topological polar surface area (TPSA) is 117 Å². The van der Waals surface area contributed by atoms with Gasteiger partial charge in [0, 0.05) is 19.6 Å². The van der Waals surface area contributed by atoms with Crippen LogP contribution in [0.5, 0.6) is 0 Å². The molecule has 0 heterocycles. The highest BCUT2D eigenvalue weighted by Crippen LogP contribution is 2.43. The van der Waals surface area contributed by atoms with Crippen LogP contribution in [-0.4, -0.2) is 49.9 Å². The zero-order chi connectivity index (χ0) is 46.5. The van der Waals surface area contributed by atoms with Crippen molar-refractivity contribution in [2.24, 2.45) is 5.73 Å². The molecule has 0 aliphatic rings.